The minimum atomic E-state index is -0.0574. The van der Waals surface area contributed by atoms with Crippen LogP contribution in [0, 0.1) is 0 Å². The van der Waals surface area contributed by atoms with Gasteiger partial charge in [0.2, 0.25) is 0 Å². The summed E-state index contributed by atoms with van der Waals surface area (Å²) in [4.78, 5) is 0. The largest absolute Gasteiger partial charge is 0.0918 e. The second-order valence-corrected chi connectivity index (χ2v) is 7.85. The highest BCUT2D eigenvalue weighted by molar-refractivity contribution is 9.10. The molecule has 5 heteroatoms. The molecule has 0 atom stereocenters. The molecule has 2 aromatic carbocycles. The lowest BCUT2D eigenvalue weighted by atomic mass is 9.79. The van der Waals surface area contributed by atoms with E-state index >= 15 is 0 Å². The third-order valence-corrected chi connectivity index (χ3v) is 6.77. The van der Waals surface area contributed by atoms with Gasteiger partial charge in [-0.25, -0.2) is 0 Å². The first kappa shape index (κ1) is 17.8. The Kier molecular flexibility index (Phi) is 6.64. The average Bonchev–Trinajstić information content (AvgIpc) is 2.48. The zero-order chi connectivity index (χ0) is 15.5. The van der Waals surface area contributed by atoms with Gasteiger partial charge in [0.25, 0.3) is 0 Å². The first-order valence-corrected chi connectivity index (χ1v) is 10.1. The van der Waals surface area contributed by atoms with Crippen LogP contribution in [0.5, 0.6) is 0 Å². The van der Waals surface area contributed by atoms with Gasteiger partial charge in [0.15, 0.2) is 0 Å². The summed E-state index contributed by atoms with van der Waals surface area (Å²) in [7, 11) is 0. The van der Waals surface area contributed by atoms with Gasteiger partial charge < -0.3 is 0 Å². The van der Waals surface area contributed by atoms with E-state index in [1.165, 1.54) is 5.56 Å². The Morgan fingerprint density at radius 3 is 2.05 bits per heavy atom. The van der Waals surface area contributed by atoms with Crippen molar-refractivity contribution in [2.75, 3.05) is 10.7 Å². The lowest BCUT2D eigenvalue weighted by molar-refractivity contribution is 0.551. The summed E-state index contributed by atoms with van der Waals surface area (Å²) in [5.74, 6) is 0. The molecule has 0 N–H and O–H groups in total. The molecule has 0 aromatic heterocycles. The minimum Gasteiger partial charge on any atom is -0.0918 e. The van der Waals surface area contributed by atoms with Gasteiger partial charge in [-0.2, -0.15) is 0 Å². The molecule has 0 unspecified atom stereocenters. The minimum absolute atomic E-state index is 0.0574. The van der Waals surface area contributed by atoms with E-state index in [9.17, 15) is 0 Å². The highest BCUT2D eigenvalue weighted by Crippen LogP contribution is 2.36. The SMILES string of the molecule is Clc1ccc(CC(CBr)(CBr)c2ccc(Br)cc2)c(Cl)c1. The van der Waals surface area contributed by atoms with Crippen molar-refractivity contribution in [1.29, 1.82) is 0 Å². The number of halogens is 5. The fourth-order valence-electron chi connectivity index (χ4n) is 2.22. The smallest absolute Gasteiger partial charge is 0.0453 e. The summed E-state index contributed by atoms with van der Waals surface area (Å²) >= 11 is 23.2. The summed E-state index contributed by atoms with van der Waals surface area (Å²) in [5, 5.41) is 3.05. The van der Waals surface area contributed by atoms with Crippen molar-refractivity contribution in [1.82, 2.24) is 0 Å². The molecule has 0 radical (unpaired) electrons. The molecule has 0 saturated carbocycles. The van der Waals surface area contributed by atoms with Gasteiger partial charge in [0.1, 0.15) is 0 Å². The molecule has 0 saturated heterocycles. The molecule has 0 spiro atoms. The molecule has 0 aliphatic carbocycles. The van der Waals surface area contributed by atoms with E-state index < -0.39 is 0 Å². The fourth-order valence-corrected chi connectivity index (χ4v) is 4.93. The molecular formula is C16H13Br3Cl2. The molecule has 0 fully saturated rings. The van der Waals surface area contributed by atoms with Crippen LogP contribution in [0.4, 0.5) is 0 Å². The van der Waals surface area contributed by atoms with E-state index in [-0.39, 0.29) is 5.41 Å². The Labute approximate surface area is 160 Å². The monoisotopic (exact) mass is 512 g/mol. The van der Waals surface area contributed by atoms with Crippen LogP contribution in [0.3, 0.4) is 0 Å². The Hall–Kier alpha value is 0.460. The predicted molar refractivity (Wildman–Crippen MR) is 104 cm³/mol. The third kappa shape index (κ3) is 4.26. The lowest BCUT2D eigenvalue weighted by Gasteiger charge is -2.31. The van der Waals surface area contributed by atoms with Gasteiger partial charge in [0, 0.05) is 30.6 Å². The van der Waals surface area contributed by atoms with Crippen LogP contribution in [0.15, 0.2) is 46.9 Å². The number of hydrogen-bond donors (Lipinski definition) is 0. The van der Waals surface area contributed by atoms with Crippen molar-refractivity contribution in [2.24, 2.45) is 0 Å². The normalized spacial score (nSPS) is 11.7. The zero-order valence-corrected chi connectivity index (χ0v) is 17.3. The van der Waals surface area contributed by atoms with E-state index in [0.717, 1.165) is 27.1 Å². The maximum absolute atomic E-state index is 6.34. The number of benzene rings is 2. The quantitative estimate of drug-likeness (QED) is 0.375. The van der Waals surface area contributed by atoms with E-state index in [1.807, 2.05) is 12.1 Å². The van der Waals surface area contributed by atoms with E-state index in [1.54, 1.807) is 6.07 Å². The van der Waals surface area contributed by atoms with Crippen LogP contribution in [0.1, 0.15) is 11.1 Å². The Bertz CT molecular complexity index is 607. The highest BCUT2D eigenvalue weighted by atomic mass is 79.9. The first-order chi connectivity index (χ1) is 10.0. The summed E-state index contributed by atoms with van der Waals surface area (Å²) in [6, 6.07) is 14.1. The number of hydrogen-bond acceptors (Lipinski definition) is 0. The van der Waals surface area contributed by atoms with Gasteiger partial charge in [-0.15, -0.1) is 0 Å². The average molecular weight is 516 g/mol. The highest BCUT2D eigenvalue weighted by Gasteiger charge is 2.31. The van der Waals surface area contributed by atoms with Gasteiger partial charge >= 0.3 is 0 Å². The molecule has 0 aliphatic rings. The van der Waals surface area contributed by atoms with Crippen LogP contribution in [0.25, 0.3) is 0 Å². The Balaban J connectivity index is 2.40. The molecule has 0 aliphatic heterocycles. The van der Waals surface area contributed by atoms with Crippen LogP contribution < -0.4 is 0 Å². The summed E-state index contributed by atoms with van der Waals surface area (Å²) < 4.78 is 1.08. The molecule has 112 valence electrons. The Morgan fingerprint density at radius 2 is 1.52 bits per heavy atom. The second kappa shape index (κ2) is 7.83. The van der Waals surface area contributed by atoms with Crippen molar-refractivity contribution in [3.8, 4) is 0 Å². The Morgan fingerprint density at radius 1 is 0.905 bits per heavy atom. The van der Waals surface area contributed by atoms with Gasteiger partial charge in [-0.1, -0.05) is 89.2 Å². The summed E-state index contributed by atoms with van der Waals surface area (Å²) in [5.41, 5.74) is 2.31. The maximum Gasteiger partial charge on any atom is 0.0453 e. The molecule has 0 heterocycles. The standard InChI is InChI=1S/C16H13Br3Cl2/c17-9-16(10-18,12-2-4-13(19)5-3-12)8-11-1-6-14(20)7-15(11)21/h1-7H,8-10H2. The van der Waals surface area contributed by atoms with E-state index in [0.29, 0.717) is 10.0 Å². The van der Waals surface area contributed by atoms with Gasteiger partial charge in [-0.3, -0.25) is 0 Å². The zero-order valence-electron chi connectivity index (χ0n) is 11.1. The van der Waals surface area contributed by atoms with Crippen molar-refractivity contribution in [2.45, 2.75) is 11.8 Å². The molecule has 2 aromatic rings. The first-order valence-electron chi connectivity index (χ1n) is 6.33. The van der Waals surface area contributed by atoms with E-state index in [2.05, 4.69) is 72.1 Å². The number of alkyl halides is 2. The summed E-state index contributed by atoms with van der Waals surface area (Å²) in [6.07, 6.45) is 0.834. The third-order valence-electron chi connectivity index (χ3n) is 3.51. The van der Waals surface area contributed by atoms with Crippen molar-refractivity contribution in [3.63, 3.8) is 0 Å². The van der Waals surface area contributed by atoms with Crippen LogP contribution in [0.2, 0.25) is 10.0 Å². The fraction of sp³-hybridized carbons (Fsp3) is 0.250. The van der Waals surface area contributed by atoms with Gasteiger partial charge in [0.05, 0.1) is 0 Å². The second-order valence-electron chi connectivity index (χ2n) is 4.97. The van der Waals surface area contributed by atoms with Crippen molar-refractivity contribution in [3.05, 3.63) is 68.1 Å². The molecule has 21 heavy (non-hydrogen) atoms. The number of rotatable bonds is 5. The van der Waals surface area contributed by atoms with Crippen molar-refractivity contribution < 1.29 is 0 Å². The van der Waals surface area contributed by atoms with Crippen LogP contribution >= 0.6 is 71.0 Å². The molecule has 0 nitrogen and oxygen atoms in total. The summed E-state index contributed by atoms with van der Waals surface area (Å²) in [6.45, 7) is 0. The van der Waals surface area contributed by atoms with Crippen LogP contribution in [-0.2, 0) is 11.8 Å². The van der Waals surface area contributed by atoms with Crippen LogP contribution in [-0.4, -0.2) is 10.7 Å². The topological polar surface area (TPSA) is 0 Å². The lowest BCUT2D eigenvalue weighted by Crippen LogP contribution is -2.33. The molecule has 2 rings (SSSR count). The van der Waals surface area contributed by atoms with Crippen molar-refractivity contribution >= 4 is 71.0 Å². The molecule has 0 bridgehead atoms. The van der Waals surface area contributed by atoms with Gasteiger partial charge in [-0.05, 0) is 41.8 Å². The maximum atomic E-state index is 6.34. The molecular weight excluding hydrogens is 503 g/mol. The van der Waals surface area contributed by atoms with E-state index in [4.69, 9.17) is 23.2 Å². The molecule has 0 amide bonds. The predicted octanol–water partition coefficient (Wildman–Crippen LogP) is 7.03.